The van der Waals surface area contributed by atoms with Gasteiger partial charge in [0.2, 0.25) is 0 Å². The second kappa shape index (κ2) is 6.90. The van der Waals surface area contributed by atoms with Crippen molar-refractivity contribution in [3.63, 3.8) is 0 Å². The summed E-state index contributed by atoms with van der Waals surface area (Å²) in [7, 11) is 2.41. The average Bonchev–Trinajstić information content (AvgIpc) is 2.48. The molecule has 2 fully saturated rings. The zero-order valence-electron chi connectivity index (χ0n) is 14.5. The van der Waals surface area contributed by atoms with Gasteiger partial charge in [0.1, 0.15) is 11.5 Å². The van der Waals surface area contributed by atoms with Crippen LogP contribution in [0.15, 0.2) is 18.2 Å². The first-order valence-electron chi connectivity index (χ1n) is 8.78. The highest BCUT2D eigenvalue weighted by atomic mass is 35.5. The smallest absolute Gasteiger partial charge is 0.122 e. The van der Waals surface area contributed by atoms with Crippen LogP contribution >= 0.6 is 12.4 Å². The van der Waals surface area contributed by atoms with Gasteiger partial charge in [-0.25, -0.2) is 0 Å². The summed E-state index contributed by atoms with van der Waals surface area (Å²) in [6.45, 7) is 6.03. The molecule has 2 aliphatic heterocycles. The van der Waals surface area contributed by atoms with Gasteiger partial charge in [-0.3, -0.25) is 0 Å². The van der Waals surface area contributed by atoms with Gasteiger partial charge in [0.15, 0.2) is 0 Å². The highest BCUT2D eigenvalue weighted by Crippen LogP contribution is 2.44. The van der Waals surface area contributed by atoms with Crippen LogP contribution in [0, 0.1) is 11.8 Å². The van der Waals surface area contributed by atoms with E-state index in [1.807, 2.05) is 0 Å². The molecule has 2 N–H and O–H groups in total. The molecule has 130 valence electrons. The SMILES string of the molecule is CC1CC(Cc2c(O)cccc2O)[N+]2(C)CCCCC2C1C.Cl. The fraction of sp³-hybridized carbons (Fsp3) is 0.684. The number of rotatable bonds is 2. The minimum absolute atomic E-state index is 0. The van der Waals surface area contributed by atoms with E-state index in [0.29, 0.717) is 12.0 Å². The fourth-order valence-corrected chi connectivity index (χ4v) is 5.08. The van der Waals surface area contributed by atoms with Crippen LogP contribution in [0.5, 0.6) is 11.5 Å². The molecule has 0 bridgehead atoms. The third kappa shape index (κ3) is 3.18. The van der Waals surface area contributed by atoms with Crippen LogP contribution in [0.3, 0.4) is 0 Å². The van der Waals surface area contributed by atoms with Crippen molar-refractivity contribution in [2.45, 2.75) is 58.0 Å². The number of likely N-dealkylation sites (N-methyl/N-ethyl adjacent to an activating group) is 1. The maximum absolute atomic E-state index is 10.2. The van der Waals surface area contributed by atoms with Gasteiger partial charge >= 0.3 is 0 Å². The summed E-state index contributed by atoms with van der Waals surface area (Å²) in [6, 6.07) is 6.32. The number of fused-ring (bicyclic) bond motifs is 1. The first kappa shape index (κ1) is 18.4. The van der Waals surface area contributed by atoms with E-state index >= 15 is 0 Å². The van der Waals surface area contributed by atoms with E-state index in [-0.39, 0.29) is 23.9 Å². The second-order valence-electron chi connectivity index (χ2n) is 7.84. The van der Waals surface area contributed by atoms with Crippen LogP contribution in [-0.4, -0.2) is 40.4 Å². The van der Waals surface area contributed by atoms with Gasteiger partial charge in [-0.15, -0.1) is 12.4 Å². The summed E-state index contributed by atoms with van der Waals surface area (Å²) in [6.07, 6.45) is 5.94. The Bertz CT molecular complexity index is 530. The number of nitrogens with zero attached hydrogens (tertiary/aromatic N) is 1. The van der Waals surface area contributed by atoms with Crippen molar-refractivity contribution in [3.8, 4) is 11.5 Å². The van der Waals surface area contributed by atoms with Crippen molar-refractivity contribution in [2.24, 2.45) is 11.8 Å². The molecule has 1 aromatic rings. The van der Waals surface area contributed by atoms with Gasteiger partial charge in [0.25, 0.3) is 0 Å². The maximum atomic E-state index is 10.2. The van der Waals surface area contributed by atoms with Gasteiger partial charge in [-0.1, -0.05) is 19.9 Å². The van der Waals surface area contributed by atoms with Gasteiger partial charge in [0.05, 0.1) is 25.7 Å². The van der Waals surface area contributed by atoms with Gasteiger partial charge in [-0.2, -0.15) is 0 Å². The number of hydrogen-bond donors (Lipinski definition) is 2. The van der Waals surface area contributed by atoms with Crippen LogP contribution in [-0.2, 0) is 6.42 Å². The third-order valence-electron chi connectivity index (χ3n) is 6.70. The Balaban J connectivity index is 0.00000192. The summed E-state index contributed by atoms with van der Waals surface area (Å²) in [5.74, 6) is 1.96. The molecule has 0 radical (unpaired) electrons. The van der Waals surface area contributed by atoms with Crippen molar-refractivity contribution in [3.05, 3.63) is 23.8 Å². The molecule has 2 heterocycles. The molecule has 5 unspecified atom stereocenters. The highest BCUT2D eigenvalue weighted by Gasteiger charge is 2.50. The molecular weight excluding hydrogens is 310 g/mol. The van der Waals surface area contributed by atoms with E-state index in [9.17, 15) is 10.2 Å². The van der Waals surface area contributed by atoms with E-state index in [1.54, 1.807) is 18.2 Å². The number of piperidine rings is 2. The number of phenols is 2. The van der Waals surface area contributed by atoms with Gasteiger partial charge in [-0.05, 0) is 37.3 Å². The summed E-state index contributed by atoms with van der Waals surface area (Å²) in [4.78, 5) is 0. The lowest BCUT2D eigenvalue weighted by atomic mass is 9.72. The standard InChI is InChI=1S/C19H29NO2.ClH/c1-13-11-15(12-16-18(21)8-6-9-19(16)22)20(3)10-5-4-7-17(20)14(13)2;/h6,8-9,13-15,17H,4-5,7,10-12H2,1-3H3,(H-,21,22);1H/p+1. The van der Waals surface area contributed by atoms with Crippen molar-refractivity contribution in [1.29, 1.82) is 0 Å². The largest absolute Gasteiger partial charge is 0.508 e. The molecule has 3 nitrogen and oxygen atoms in total. The van der Waals surface area contributed by atoms with E-state index in [0.717, 1.165) is 28.4 Å². The summed E-state index contributed by atoms with van der Waals surface area (Å²) in [5, 5.41) is 20.3. The van der Waals surface area contributed by atoms with Crippen LogP contribution < -0.4 is 0 Å². The molecule has 2 saturated heterocycles. The van der Waals surface area contributed by atoms with E-state index in [2.05, 4.69) is 20.9 Å². The highest BCUT2D eigenvalue weighted by molar-refractivity contribution is 5.85. The number of hydrogen-bond acceptors (Lipinski definition) is 2. The molecule has 1 aromatic carbocycles. The molecular formula is C19H31ClNO2+. The number of aromatic hydroxyl groups is 2. The van der Waals surface area contributed by atoms with Crippen LogP contribution in [0.1, 0.15) is 45.1 Å². The van der Waals surface area contributed by atoms with Crippen LogP contribution in [0.25, 0.3) is 0 Å². The maximum Gasteiger partial charge on any atom is 0.122 e. The van der Waals surface area contributed by atoms with E-state index in [1.165, 1.54) is 32.2 Å². The Morgan fingerprint density at radius 1 is 1.13 bits per heavy atom. The predicted molar refractivity (Wildman–Crippen MR) is 96.1 cm³/mol. The molecule has 0 amide bonds. The predicted octanol–water partition coefficient (Wildman–Crippen LogP) is 4.11. The molecule has 0 aromatic heterocycles. The minimum Gasteiger partial charge on any atom is -0.508 e. The Morgan fingerprint density at radius 2 is 1.78 bits per heavy atom. The Hall–Kier alpha value is -0.930. The zero-order chi connectivity index (χ0) is 15.9. The first-order valence-corrected chi connectivity index (χ1v) is 8.78. The summed E-state index contributed by atoms with van der Waals surface area (Å²) >= 11 is 0. The van der Waals surface area contributed by atoms with Crippen molar-refractivity contribution in [2.75, 3.05) is 13.6 Å². The van der Waals surface area contributed by atoms with Crippen molar-refractivity contribution < 1.29 is 14.7 Å². The van der Waals surface area contributed by atoms with Crippen molar-refractivity contribution >= 4 is 12.4 Å². The monoisotopic (exact) mass is 340 g/mol. The molecule has 0 aliphatic carbocycles. The number of halogens is 1. The fourth-order valence-electron chi connectivity index (χ4n) is 5.08. The third-order valence-corrected chi connectivity index (χ3v) is 6.70. The Labute approximate surface area is 146 Å². The normalized spacial score (nSPS) is 36.8. The Morgan fingerprint density at radius 3 is 2.43 bits per heavy atom. The summed E-state index contributed by atoms with van der Waals surface area (Å²) in [5.41, 5.74) is 0.734. The molecule has 0 spiro atoms. The molecule has 23 heavy (non-hydrogen) atoms. The second-order valence-corrected chi connectivity index (χ2v) is 7.84. The zero-order valence-corrected chi connectivity index (χ0v) is 15.4. The van der Waals surface area contributed by atoms with E-state index in [4.69, 9.17) is 0 Å². The number of quaternary nitrogens is 1. The minimum atomic E-state index is 0. The molecule has 4 heteroatoms. The van der Waals surface area contributed by atoms with E-state index < -0.39 is 0 Å². The average molecular weight is 341 g/mol. The lowest BCUT2D eigenvalue weighted by Gasteiger charge is -2.57. The van der Waals surface area contributed by atoms with Crippen LogP contribution in [0.2, 0.25) is 0 Å². The van der Waals surface area contributed by atoms with Crippen molar-refractivity contribution in [1.82, 2.24) is 0 Å². The van der Waals surface area contributed by atoms with Gasteiger partial charge < -0.3 is 14.7 Å². The lowest BCUT2D eigenvalue weighted by Crippen LogP contribution is -2.67. The first-order chi connectivity index (χ1) is 10.4. The number of phenolic OH excluding ortho intramolecular Hbond substituents is 2. The van der Waals surface area contributed by atoms with Gasteiger partial charge in [0, 0.05) is 24.3 Å². The number of benzene rings is 1. The Kier molecular flexibility index (Phi) is 5.52. The molecule has 0 saturated carbocycles. The topological polar surface area (TPSA) is 40.5 Å². The van der Waals surface area contributed by atoms with Crippen LogP contribution in [0.4, 0.5) is 0 Å². The summed E-state index contributed by atoms with van der Waals surface area (Å²) < 4.78 is 1.12. The quantitative estimate of drug-likeness (QED) is 0.795. The molecule has 3 rings (SSSR count). The molecule has 5 atom stereocenters. The lowest BCUT2D eigenvalue weighted by molar-refractivity contribution is -0.970. The molecule has 2 aliphatic rings.